The van der Waals surface area contributed by atoms with Gasteiger partial charge in [0.25, 0.3) is 0 Å². The van der Waals surface area contributed by atoms with E-state index in [9.17, 15) is 14.4 Å². The van der Waals surface area contributed by atoms with E-state index in [0.29, 0.717) is 12.1 Å². The minimum Gasteiger partial charge on any atom is -0.324 e. The van der Waals surface area contributed by atoms with Crippen LogP contribution >= 0.6 is 31.9 Å². The summed E-state index contributed by atoms with van der Waals surface area (Å²) in [5.74, 6) is -0.743. The first kappa shape index (κ1) is 21.0. The summed E-state index contributed by atoms with van der Waals surface area (Å²) in [6.45, 7) is 5.94. The first-order valence-corrected chi connectivity index (χ1v) is 12.1. The molecule has 7 unspecified atom stereocenters. The molecule has 4 rings (SSSR count). The number of carbonyl (C=O) groups excluding carboxylic acids is 3. The van der Waals surface area contributed by atoms with Gasteiger partial charge in [0.1, 0.15) is 6.04 Å². The molecular formula is C22H26Br2N2O3. The van der Waals surface area contributed by atoms with Gasteiger partial charge in [0.05, 0.1) is 11.8 Å². The number of aryl methyl sites for hydroxylation is 1. The van der Waals surface area contributed by atoms with Crippen LogP contribution in [0, 0.1) is 36.5 Å². The van der Waals surface area contributed by atoms with E-state index in [1.54, 1.807) is 0 Å². The topological polar surface area (TPSA) is 66.5 Å². The highest BCUT2D eigenvalue weighted by atomic mass is 79.9. The molecule has 1 aromatic carbocycles. The fourth-order valence-electron chi connectivity index (χ4n) is 5.38. The van der Waals surface area contributed by atoms with E-state index in [1.807, 2.05) is 45.0 Å². The zero-order valence-corrected chi connectivity index (χ0v) is 19.9. The van der Waals surface area contributed by atoms with E-state index < -0.39 is 6.04 Å². The molecule has 5 nitrogen and oxygen atoms in total. The minimum atomic E-state index is -0.776. The second-order valence-electron chi connectivity index (χ2n) is 9.00. The predicted octanol–water partition coefficient (Wildman–Crippen LogP) is 4.13. The number of benzene rings is 1. The average molecular weight is 526 g/mol. The van der Waals surface area contributed by atoms with Crippen LogP contribution in [0.4, 0.5) is 5.69 Å². The van der Waals surface area contributed by atoms with Gasteiger partial charge in [-0.15, -0.1) is 0 Å². The zero-order valence-electron chi connectivity index (χ0n) is 16.8. The van der Waals surface area contributed by atoms with Gasteiger partial charge in [-0.05, 0) is 49.1 Å². The Morgan fingerprint density at radius 1 is 1.10 bits per heavy atom. The van der Waals surface area contributed by atoms with Gasteiger partial charge in [-0.3, -0.25) is 19.3 Å². The maximum Gasteiger partial charge on any atom is 0.247 e. The molecule has 0 spiro atoms. The van der Waals surface area contributed by atoms with Crippen molar-refractivity contribution in [1.82, 2.24) is 4.90 Å². The summed E-state index contributed by atoms with van der Waals surface area (Å²) in [5.41, 5.74) is 1.66. The number of hydrogen-bond donors (Lipinski definition) is 1. The number of amides is 3. The number of rotatable bonds is 5. The van der Waals surface area contributed by atoms with Gasteiger partial charge in [-0.1, -0.05) is 63.9 Å². The smallest absolute Gasteiger partial charge is 0.247 e. The van der Waals surface area contributed by atoms with Crippen LogP contribution in [0.25, 0.3) is 0 Å². The fourth-order valence-corrected chi connectivity index (χ4v) is 7.26. The second-order valence-corrected chi connectivity index (χ2v) is 11.1. The van der Waals surface area contributed by atoms with E-state index in [1.165, 1.54) is 4.90 Å². The first-order valence-electron chi connectivity index (χ1n) is 10.2. The first-order chi connectivity index (χ1) is 13.7. The molecule has 0 aromatic heterocycles. The molecule has 2 saturated carbocycles. The lowest BCUT2D eigenvalue weighted by atomic mass is 9.81. The molecule has 1 heterocycles. The summed E-state index contributed by atoms with van der Waals surface area (Å²) in [5, 5.41) is 2.95. The molecule has 1 aromatic rings. The highest BCUT2D eigenvalue weighted by Gasteiger charge is 2.67. The Bertz CT molecular complexity index is 826. The van der Waals surface area contributed by atoms with Crippen molar-refractivity contribution in [2.75, 3.05) is 5.32 Å². The summed E-state index contributed by atoms with van der Waals surface area (Å²) >= 11 is 7.43. The average Bonchev–Trinajstić information content (AvgIpc) is 3.27. The molecular weight excluding hydrogens is 500 g/mol. The van der Waals surface area contributed by atoms with Crippen LogP contribution in [0.15, 0.2) is 24.3 Å². The number of likely N-dealkylation sites (tertiary alicyclic amines) is 1. The fraction of sp³-hybridized carbons (Fsp3) is 0.591. The molecule has 3 aliphatic rings. The highest BCUT2D eigenvalue weighted by molar-refractivity contribution is 9.12. The molecule has 7 atom stereocenters. The SMILES string of the molecule is Cc1ccccc1NC(=O)C(CC(C)C)N1C(=O)C2C3CC(C(Br)C3Br)C2C1=O. The van der Waals surface area contributed by atoms with Crippen LogP contribution in [-0.4, -0.2) is 38.3 Å². The zero-order chi connectivity index (χ0) is 21.0. The summed E-state index contributed by atoms with van der Waals surface area (Å²) in [6.07, 6.45) is 1.34. The highest BCUT2D eigenvalue weighted by Crippen LogP contribution is 2.60. The quantitative estimate of drug-likeness (QED) is 0.464. The van der Waals surface area contributed by atoms with Crippen molar-refractivity contribution in [2.45, 2.75) is 49.3 Å². The lowest BCUT2D eigenvalue weighted by molar-refractivity contribution is -0.147. The van der Waals surface area contributed by atoms with Crippen molar-refractivity contribution in [3.63, 3.8) is 0 Å². The number of imide groups is 1. The molecule has 7 heteroatoms. The Balaban J connectivity index is 1.62. The van der Waals surface area contributed by atoms with Crippen molar-refractivity contribution in [1.29, 1.82) is 0 Å². The monoisotopic (exact) mass is 524 g/mol. The summed E-state index contributed by atoms with van der Waals surface area (Å²) in [6, 6.07) is 6.76. The number of nitrogens with zero attached hydrogens (tertiary/aromatic N) is 1. The van der Waals surface area contributed by atoms with Crippen LogP contribution in [0.5, 0.6) is 0 Å². The maximum atomic E-state index is 13.4. The minimum absolute atomic E-state index is 0.148. The van der Waals surface area contributed by atoms with Crippen LogP contribution in [0.3, 0.4) is 0 Å². The molecule has 3 fully saturated rings. The van der Waals surface area contributed by atoms with Gasteiger partial charge < -0.3 is 5.32 Å². The summed E-state index contributed by atoms with van der Waals surface area (Å²) in [7, 11) is 0. The van der Waals surface area contributed by atoms with Crippen LogP contribution in [0.1, 0.15) is 32.3 Å². The van der Waals surface area contributed by atoms with Crippen molar-refractivity contribution in [2.24, 2.45) is 29.6 Å². The Kier molecular flexibility index (Phi) is 5.66. The molecule has 156 valence electrons. The molecule has 2 bridgehead atoms. The number of alkyl halides is 2. The number of hydrogen-bond acceptors (Lipinski definition) is 3. The molecule has 1 aliphatic heterocycles. The number of carbonyl (C=O) groups is 3. The number of anilines is 1. The molecule has 1 saturated heterocycles. The summed E-state index contributed by atoms with van der Waals surface area (Å²) < 4.78 is 0. The number of fused-ring (bicyclic) bond motifs is 5. The standard InChI is InChI=1S/C22H26Br2N2O3/c1-10(2)8-15(20(27)25-14-7-5-4-6-11(14)3)26-21(28)16-12-9-13(17(16)22(26)29)19(24)18(12)23/h4-7,10,12-13,15-19H,8-9H2,1-3H3,(H,25,27). The third-order valence-electron chi connectivity index (χ3n) is 6.73. The van der Waals surface area contributed by atoms with Crippen molar-refractivity contribution < 1.29 is 14.4 Å². The maximum absolute atomic E-state index is 13.4. The molecule has 3 amide bonds. The Morgan fingerprint density at radius 2 is 1.66 bits per heavy atom. The van der Waals surface area contributed by atoms with Gasteiger partial charge in [-0.25, -0.2) is 0 Å². The van der Waals surface area contributed by atoms with E-state index in [-0.39, 0.29) is 57.0 Å². The van der Waals surface area contributed by atoms with Crippen molar-refractivity contribution in [3.05, 3.63) is 29.8 Å². The van der Waals surface area contributed by atoms with E-state index in [2.05, 4.69) is 37.2 Å². The lowest BCUT2D eigenvalue weighted by Gasteiger charge is -2.28. The van der Waals surface area contributed by atoms with E-state index in [0.717, 1.165) is 12.0 Å². The third-order valence-corrected chi connectivity index (χ3v) is 9.94. The van der Waals surface area contributed by atoms with Crippen LogP contribution in [-0.2, 0) is 14.4 Å². The van der Waals surface area contributed by atoms with E-state index >= 15 is 0 Å². The Hall–Kier alpha value is -1.21. The second kappa shape index (κ2) is 7.80. The third kappa shape index (κ3) is 3.38. The molecule has 0 radical (unpaired) electrons. The number of nitrogens with one attached hydrogen (secondary N) is 1. The Labute approximate surface area is 188 Å². The van der Waals surface area contributed by atoms with Gasteiger partial charge in [0, 0.05) is 15.3 Å². The normalized spacial score (nSPS) is 34.1. The largest absolute Gasteiger partial charge is 0.324 e. The number of halogens is 2. The van der Waals surface area contributed by atoms with Crippen molar-refractivity contribution >= 4 is 55.3 Å². The van der Waals surface area contributed by atoms with Crippen molar-refractivity contribution in [3.8, 4) is 0 Å². The summed E-state index contributed by atoms with van der Waals surface area (Å²) in [4.78, 5) is 41.7. The van der Waals surface area contributed by atoms with Crippen LogP contribution in [0.2, 0.25) is 0 Å². The van der Waals surface area contributed by atoms with E-state index in [4.69, 9.17) is 0 Å². The van der Waals surface area contributed by atoms with Gasteiger partial charge in [0.15, 0.2) is 0 Å². The predicted molar refractivity (Wildman–Crippen MR) is 119 cm³/mol. The van der Waals surface area contributed by atoms with Gasteiger partial charge >= 0.3 is 0 Å². The molecule has 29 heavy (non-hydrogen) atoms. The number of para-hydroxylation sites is 1. The molecule has 1 N–H and O–H groups in total. The lowest BCUT2D eigenvalue weighted by Crippen LogP contribution is -2.49. The molecule has 2 aliphatic carbocycles. The van der Waals surface area contributed by atoms with Gasteiger partial charge in [0.2, 0.25) is 17.7 Å². The Morgan fingerprint density at radius 3 is 2.17 bits per heavy atom. The van der Waals surface area contributed by atoms with Gasteiger partial charge in [-0.2, -0.15) is 0 Å². The van der Waals surface area contributed by atoms with Crippen LogP contribution < -0.4 is 5.32 Å².